The van der Waals surface area contributed by atoms with Gasteiger partial charge in [-0.15, -0.1) is 0 Å². The van der Waals surface area contributed by atoms with Crippen molar-refractivity contribution in [2.45, 2.75) is 6.42 Å². The highest BCUT2D eigenvalue weighted by Gasteiger charge is 2.55. The molecule has 3 aliphatic carbocycles. The Morgan fingerprint density at radius 3 is 3.14 bits per heavy atom. The lowest BCUT2D eigenvalue weighted by Gasteiger charge is -2.21. The normalized spacial score (nSPS) is 28.5. The van der Waals surface area contributed by atoms with Gasteiger partial charge in [0.15, 0.2) is 0 Å². The summed E-state index contributed by atoms with van der Waals surface area (Å²) in [5.41, 5.74) is 4.63. The SMILES string of the molecule is C1=CC2=C(N=Cc3nc4ccccc4[nH]3)C=CC3CC23C=C1. The van der Waals surface area contributed by atoms with Gasteiger partial charge < -0.3 is 4.98 Å². The molecule has 0 bridgehead atoms. The first kappa shape index (κ1) is 11.9. The molecule has 3 heteroatoms. The number of aromatic nitrogens is 2. The van der Waals surface area contributed by atoms with Gasteiger partial charge in [-0.05, 0) is 36.1 Å². The van der Waals surface area contributed by atoms with Gasteiger partial charge in [-0.3, -0.25) is 4.99 Å². The number of imidazole rings is 1. The summed E-state index contributed by atoms with van der Waals surface area (Å²) in [7, 11) is 0. The van der Waals surface area contributed by atoms with Crippen molar-refractivity contribution in [3.8, 4) is 0 Å². The summed E-state index contributed by atoms with van der Waals surface area (Å²) in [4.78, 5) is 12.5. The maximum atomic E-state index is 4.69. The number of nitrogens with one attached hydrogen (secondary N) is 1. The van der Waals surface area contributed by atoms with Crippen LogP contribution in [0.5, 0.6) is 0 Å². The number of allylic oxidation sites excluding steroid dienone is 7. The predicted octanol–water partition coefficient (Wildman–Crippen LogP) is 3.94. The quantitative estimate of drug-likeness (QED) is 0.834. The Hall–Kier alpha value is -2.68. The van der Waals surface area contributed by atoms with Crippen LogP contribution in [-0.4, -0.2) is 16.2 Å². The molecule has 2 aromatic rings. The smallest absolute Gasteiger partial charge is 0.149 e. The first-order valence-corrected chi connectivity index (χ1v) is 7.63. The Morgan fingerprint density at radius 2 is 2.18 bits per heavy atom. The van der Waals surface area contributed by atoms with Crippen molar-refractivity contribution in [1.82, 2.24) is 9.97 Å². The first-order valence-electron chi connectivity index (χ1n) is 7.63. The van der Waals surface area contributed by atoms with Gasteiger partial charge >= 0.3 is 0 Å². The summed E-state index contributed by atoms with van der Waals surface area (Å²) in [5.74, 6) is 1.46. The molecule has 1 aromatic heterocycles. The van der Waals surface area contributed by atoms with E-state index in [1.54, 1.807) is 0 Å². The van der Waals surface area contributed by atoms with Crippen molar-refractivity contribution in [3.05, 3.63) is 77.8 Å². The van der Waals surface area contributed by atoms with Crippen LogP contribution in [0.15, 0.2) is 77.0 Å². The standard InChI is InChI=1S/C19H15N3/c1-2-7-17-16(6-1)21-18(22-17)12-20-15-9-8-13-11-19(13)10-4-3-5-14(15)19/h1-10,12-13H,11H2,(H,21,22). The second-order valence-corrected chi connectivity index (χ2v) is 6.12. The largest absolute Gasteiger partial charge is 0.337 e. The molecule has 1 aromatic carbocycles. The predicted molar refractivity (Wildman–Crippen MR) is 88.7 cm³/mol. The molecule has 22 heavy (non-hydrogen) atoms. The van der Waals surface area contributed by atoms with E-state index in [0.29, 0.717) is 5.92 Å². The van der Waals surface area contributed by atoms with Crippen LogP contribution in [0.4, 0.5) is 0 Å². The van der Waals surface area contributed by atoms with Gasteiger partial charge in [-0.25, -0.2) is 4.98 Å². The number of hydrogen-bond acceptors (Lipinski definition) is 2. The second kappa shape index (κ2) is 4.17. The van der Waals surface area contributed by atoms with E-state index in [0.717, 1.165) is 22.6 Å². The molecule has 3 nitrogen and oxygen atoms in total. The molecule has 1 spiro atoms. The molecular weight excluding hydrogens is 270 g/mol. The highest BCUT2D eigenvalue weighted by Crippen LogP contribution is 2.63. The van der Waals surface area contributed by atoms with Gasteiger partial charge in [-0.2, -0.15) is 0 Å². The summed E-state index contributed by atoms with van der Waals surface area (Å²) in [6, 6.07) is 8.03. The van der Waals surface area contributed by atoms with E-state index in [-0.39, 0.29) is 5.41 Å². The maximum absolute atomic E-state index is 4.69. The lowest BCUT2D eigenvalue weighted by Crippen LogP contribution is -2.10. The van der Waals surface area contributed by atoms with Crippen LogP contribution < -0.4 is 0 Å². The zero-order valence-corrected chi connectivity index (χ0v) is 12.0. The maximum Gasteiger partial charge on any atom is 0.149 e. The van der Waals surface area contributed by atoms with Crippen molar-refractivity contribution >= 4 is 17.2 Å². The monoisotopic (exact) mass is 285 g/mol. The van der Waals surface area contributed by atoms with Crippen LogP contribution >= 0.6 is 0 Å². The third-order valence-corrected chi connectivity index (χ3v) is 4.82. The Morgan fingerprint density at radius 1 is 1.23 bits per heavy atom. The Balaban J connectivity index is 1.54. The number of aliphatic imine (C=N–C) groups is 1. The van der Waals surface area contributed by atoms with Crippen molar-refractivity contribution in [1.29, 1.82) is 0 Å². The van der Waals surface area contributed by atoms with Gasteiger partial charge in [-0.1, -0.05) is 42.5 Å². The molecule has 5 rings (SSSR count). The zero-order valence-electron chi connectivity index (χ0n) is 12.0. The van der Waals surface area contributed by atoms with Crippen molar-refractivity contribution in [2.24, 2.45) is 16.3 Å². The fourth-order valence-electron chi connectivity index (χ4n) is 3.57. The number of para-hydroxylation sites is 2. The van der Waals surface area contributed by atoms with Crippen LogP contribution in [0.1, 0.15) is 12.2 Å². The number of rotatable bonds is 2. The Labute approximate surface area is 128 Å². The third kappa shape index (κ3) is 1.62. The molecule has 1 saturated carbocycles. The van der Waals surface area contributed by atoms with Gasteiger partial charge in [0.2, 0.25) is 0 Å². The van der Waals surface area contributed by atoms with Crippen LogP contribution in [0.25, 0.3) is 11.0 Å². The summed E-state index contributed by atoms with van der Waals surface area (Å²) in [6.45, 7) is 0. The topological polar surface area (TPSA) is 41.0 Å². The second-order valence-electron chi connectivity index (χ2n) is 6.12. The minimum Gasteiger partial charge on any atom is -0.337 e. The molecule has 0 saturated heterocycles. The number of aromatic amines is 1. The van der Waals surface area contributed by atoms with Gasteiger partial charge in [0.05, 0.1) is 22.9 Å². The van der Waals surface area contributed by atoms with Crippen LogP contribution in [-0.2, 0) is 0 Å². The minimum absolute atomic E-state index is 0.226. The number of hydrogen-bond donors (Lipinski definition) is 1. The molecule has 2 unspecified atom stereocenters. The molecule has 1 fully saturated rings. The van der Waals surface area contributed by atoms with E-state index in [4.69, 9.17) is 4.99 Å². The fraction of sp³-hybridized carbons (Fsp3) is 0.158. The molecule has 1 N–H and O–H groups in total. The van der Waals surface area contributed by atoms with Gasteiger partial charge in [0.25, 0.3) is 0 Å². The first-order chi connectivity index (χ1) is 10.9. The van der Waals surface area contributed by atoms with Gasteiger partial charge in [0, 0.05) is 5.41 Å². The van der Waals surface area contributed by atoms with Crippen LogP contribution in [0, 0.1) is 11.3 Å². The van der Waals surface area contributed by atoms with E-state index in [9.17, 15) is 0 Å². The molecule has 2 atom stereocenters. The minimum atomic E-state index is 0.226. The number of nitrogens with zero attached hydrogens (tertiary/aromatic N) is 2. The van der Waals surface area contributed by atoms with Crippen LogP contribution in [0.2, 0.25) is 0 Å². The van der Waals surface area contributed by atoms with Gasteiger partial charge in [0.1, 0.15) is 5.82 Å². The number of H-pyrrole nitrogens is 1. The molecule has 3 aliphatic rings. The van der Waals surface area contributed by atoms with Crippen molar-refractivity contribution in [3.63, 3.8) is 0 Å². The third-order valence-electron chi connectivity index (χ3n) is 4.82. The molecule has 0 radical (unpaired) electrons. The van der Waals surface area contributed by atoms with E-state index < -0.39 is 0 Å². The highest BCUT2D eigenvalue weighted by molar-refractivity contribution is 5.84. The Bertz CT molecular complexity index is 890. The summed E-state index contributed by atoms with van der Waals surface area (Å²) < 4.78 is 0. The molecule has 0 amide bonds. The summed E-state index contributed by atoms with van der Waals surface area (Å²) >= 11 is 0. The highest BCUT2D eigenvalue weighted by atomic mass is 14.9. The van der Waals surface area contributed by atoms with E-state index in [1.807, 2.05) is 30.5 Å². The van der Waals surface area contributed by atoms with Crippen LogP contribution in [0.3, 0.4) is 0 Å². The average Bonchev–Trinajstić information content (AvgIpc) is 3.10. The molecular formula is C19H15N3. The summed E-state index contributed by atoms with van der Waals surface area (Å²) in [5, 5.41) is 0. The Kier molecular flexibility index (Phi) is 2.26. The van der Waals surface area contributed by atoms with E-state index >= 15 is 0 Å². The molecule has 1 heterocycles. The van der Waals surface area contributed by atoms with Crippen molar-refractivity contribution < 1.29 is 0 Å². The fourth-order valence-corrected chi connectivity index (χ4v) is 3.57. The zero-order chi connectivity index (χ0) is 14.6. The number of fused-ring (bicyclic) bond motifs is 1. The lowest BCUT2D eigenvalue weighted by molar-refractivity contribution is 0.726. The molecule has 0 aliphatic heterocycles. The van der Waals surface area contributed by atoms with E-state index in [1.165, 1.54) is 12.0 Å². The number of benzene rings is 1. The van der Waals surface area contributed by atoms with E-state index in [2.05, 4.69) is 46.4 Å². The summed E-state index contributed by atoms with van der Waals surface area (Å²) in [6.07, 6.45) is 16.3. The lowest BCUT2D eigenvalue weighted by atomic mass is 9.85. The van der Waals surface area contributed by atoms with Crippen molar-refractivity contribution in [2.75, 3.05) is 0 Å². The average molecular weight is 285 g/mol. The molecule has 106 valence electrons.